The number of nitrogens with one attached hydrogen (secondary N) is 1. The molecular weight excluding hydrogens is 248 g/mol. The smallest absolute Gasteiger partial charge is 0.257 e. The van der Waals surface area contributed by atoms with Gasteiger partial charge < -0.3 is 11.1 Å². The molecule has 1 amide bonds. The Balaban J connectivity index is 2.28. The van der Waals surface area contributed by atoms with Gasteiger partial charge in [-0.15, -0.1) is 0 Å². The summed E-state index contributed by atoms with van der Waals surface area (Å²) in [4.78, 5) is 12.1. The third kappa shape index (κ3) is 2.46. The summed E-state index contributed by atoms with van der Waals surface area (Å²) >= 11 is 6.10. The molecule has 0 radical (unpaired) electrons. The summed E-state index contributed by atoms with van der Waals surface area (Å²) in [5, 5.41) is 3.21. The number of amides is 1. The summed E-state index contributed by atoms with van der Waals surface area (Å²) in [6.45, 7) is 1.86. The molecule has 92 valence electrons. The Bertz CT molecular complexity index is 596. The van der Waals surface area contributed by atoms with Crippen LogP contribution in [0.3, 0.4) is 0 Å². The van der Waals surface area contributed by atoms with Crippen LogP contribution < -0.4 is 11.1 Å². The highest BCUT2D eigenvalue weighted by Crippen LogP contribution is 2.23. The summed E-state index contributed by atoms with van der Waals surface area (Å²) in [5.41, 5.74) is 8.18. The zero-order chi connectivity index (χ0) is 13.1. The number of hydrogen-bond acceptors (Lipinski definition) is 2. The molecule has 2 aromatic rings. The van der Waals surface area contributed by atoms with E-state index in [4.69, 9.17) is 17.3 Å². The molecule has 18 heavy (non-hydrogen) atoms. The number of rotatable bonds is 2. The van der Waals surface area contributed by atoms with Crippen LogP contribution in [0.5, 0.6) is 0 Å². The van der Waals surface area contributed by atoms with Crippen molar-refractivity contribution in [2.24, 2.45) is 0 Å². The van der Waals surface area contributed by atoms with Crippen LogP contribution in [0.4, 0.5) is 11.4 Å². The number of nitrogen functional groups attached to an aromatic ring is 1. The monoisotopic (exact) mass is 260 g/mol. The van der Waals surface area contributed by atoms with E-state index in [9.17, 15) is 4.79 Å². The van der Waals surface area contributed by atoms with Gasteiger partial charge in [0.05, 0.1) is 22.0 Å². The summed E-state index contributed by atoms with van der Waals surface area (Å²) in [5.74, 6) is -0.262. The van der Waals surface area contributed by atoms with E-state index >= 15 is 0 Å². The van der Waals surface area contributed by atoms with E-state index in [-0.39, 0.29) is 5.91 Å². The van der Waals surface area contributed by atoms with Gasteiger partial charge in [0.25, 0.3) is 5.91 Å². The highest BCUT2D eigenvalue weighted by molar-refractivity contribution is 6.35. The number of benzene rings is 2. The Kier molecular flexibility index (Phi) is 3.53. The predicted molar refractivity (Wildman–Crippen MR) is 75.0 cm³/mol. The number of carbonyl (C=O) groups excluding carboxylic acids is 1. The molecule has 0 unspecified atom stereocenters. The number of halogens is 1. The van der Waals surface area contributed by atoms with Crippen LogP contribution in [0, 0.1) is 6.92 Å². The lowest BCUT2D eigenvalue weighted by molar-refractivity contribution is 0.102. The number of hydrogen-bond donors (Lipinski definition) is 2. The lowest BCUT2D eigenvalue weighted by Gasteiger charge is -2.09. The number of para-hydroxylation sites is 2. The molecular formula is C14H13ClN2O. The van der Waals surface area contributed by atoms with Crippen molar-refractivity contribution in [3.8, 4) is 0 Å². The van der Waals surface area contributed by atoms with E-state index in [0.717, 1.165) is 5.56 Å². The van der Waals surface area contributed by atoms with Gasteiger partial charge in [-0.1, -0.05) is 35.9 Å². The molecule has 0 atom stereocenters. The molecule has 0 saturated heterocycles. The first kappa shape index (κ1) is 12.5. The lowest BCUT2D eigenvalue weighted by Crippen LogP contribution is -2.13. The largest absolute Gasteiger partial charge is 0.397 e. The fraction of sp³-hybridized carbons (Fsp3) is 0.0714. The zero-order valence-corrected chi connectivity index (χ0v) is 10.7. The summed E-state index contributed by atoms with van der Waals surface area (Å²) in [6.07, 6.45) is 0. The third-order valence-corrected chi connectivity index (χ3v) is 3.15. The lowest BCUT2D eigenvalue weighted by atomic mass is 10.1. The number of aryl methyl sites for hydroxylation is 1. The second-order valence-electron chi connectivity index (χ2n) is 3.98. The third-order valence-electron chi connectivity index (χ3n) is 2.65. The topological polar surface area (TPSA) is 55.1 Å². The van der Waals surface area contributed by atoms with Crippen molar-refractivity contribution in [3.05, 3.63) is 58.6 Å². The minimum atomic E-state index is -0.262. The van der Waals surface area contributed by atoms with Crippen LogP contribution in [-0.2, 0) is 0 Å². The normalized spacial score (nSPS) is 10.1. The van der Waals surface area contributed by atoms with E-state index in [1.807, 2.05) is 25.1 Å². The minimum Gasteiger partial charge on any atom is -0.397 e. The van der Waals surface area contributed by atoms with Crippen LogP contribution in [0.2, 0.25) is 5.02 Å². The molecule has 0 aliphatic heterocycles. The molecule has 0 saturated carbocycles. The first-order valence-corrected chi connectivity index (χ1v) is 5.88. The molecule has 2 rings (SSSR count). The minimum absolute atomic E-state index is 0.262. The molecule has 0 aromatic heterocycles. The van der Waals surface area contributed by atoms with E-state index in [2.05, 4.69) is 5.32 Å². The van der Waals surface area contributed by atoms with Crippen molar-refractivity contribution in [2.45, 2.75) is 6.92 Å². The van der Waals surface area contributed by atoms with E-state index < -0.39 is 0 Å². The Labute approximate surface area is 111 Å². The van der Waals surface area contributed by atoms with Crippen LogP contribution in [0.1, 0.15) is 15.9 Å². The maximum Gasteiger partial charge on any atom is 0.257 e. The highest BCUT2D eigenvalue weighted by atomic mass is 35.5. The van der Waals surface area contributed by atoms with Gasteiger partial charge in [0.1, 0.15) is 0 Å². The van der Waals surface area contributed by atoms with Crippen LogP contribution in [0.25, 0.3) is 0 Å². The maximum atomic E-state index is 12.1. The van der Waals surface area contributed by atoms with Crippen LogP contribution >= 0.6 is 11.6 Å². The van der Waals surface area contributed by atoms with Crippen molar-refractivity contribution in [1.29, 1.82) is 0 Å². The highest BCUT2D eigenvalue weighted by Gasteiger charge is 2.12. The fourth-order valence-corrected chi connectivity index (χ4v) is 1.84. The second kappa shape index (κ2) is 5.10. The van der Waals surface area contributed by atoms with Crippen molar-refractivity contribution in [2.75, 3.05) is 11.1 Å². The molecule has 0 spiro atoms. The molecule has 2 aromatic carbocycles. The first-order valence-electron chi connectivity index (χ1n) is 5.50. The Morgan fingerprint density at radius 1 is 1.17 bits per heavy atom. The van der Waals surface area contributed by atoms with Gasteiger partial charge in [0.15, 0.2) is 0 Å². The summed E-state index contributed by atoms with van der Waals surface area (Å²) < 4.78 is 0. The number of carbonyl (C=O) groups is 1. The maximum absolute atomic E-state index is 12.1. The van der Waals surface area contributed by atoms with Crippen molar-refractivity contribution in [3.63, 3.8) is 0 Å². The van der Waals surface area contributed by atoms with Crippen molar-refractivity contribution >= 4 is 28.9 Å². The molecule has 0 aliphatic rings. The van der Waals surface area contributed by atoms with E-state index in [1.165, 1.54) is 0 Å². The molecule has 0 bridgehead atoms. The second-order valence-corrected chi connectivity index (χ2v) is 4.36. The van der Waals surface area contributed by atoms with Crippen LogP contribution in [0.15, 0.2) is 42.5 Å². The van der Waals surface area contributed by atoms with Gasteiger partial charge >= 0.3 is 0 Å². The average molecular weight is 261 g/mol. The Hall–Kier alpha value is -2.00. The van der Waals surface area contributed by atoms with Crippen molar-refractivity contribution < 1.29 is 4.79 Å². The molecule has 4 heteroatoms. The standard InChI is InChI=1S/C14H13ClN2O/c1-9-5-4-6-10(13(9)15)14(18)17-12-8-3-2-7-11(12)16/h2-8H,16H2,1H3,(H,17,18). The van der Waals surface area contributed by atoms with Gasteiger partial charge in [-0.05, 0) is 30.7 Å². The first-order chi connectivity index (χ1) is 8.59. The number of anilines is 2. The van der Waals surface area contributed by atoms with Gasteiger partial charge in [-0.2, -0.15) is 0 Å². The SMILES string of the molecule is Cc1cccc(C(=O)Nc2ccccc2N)c1Cl. The summed E-state index contributed by atoms with van der Waals surface area (Å²) in [6, 6.07) is 12.4. The van der Waals surface area contributed by atoms with Gasteiger partial charge in [0.2, 0.25) is 0 Å². The Morgan fingerprint density at radius 3 is 2.61 bits per heavy atom. The van der Waals surface area contributed by atoms with Gasteiger partial charge in [-0.3, -0.25) is 4.79 Å². The van der Waals surface area contributed by atoms with Crippen molar-refractivity contribution in [1.82, 2.24) is 0 Å². The number of nitrogens with two attached hydrogens (primary N) is 1. The van der Waals surface area contributed by atoms with Gasteiger partial charge in [0, 0.05) is 0 Å². The molecule has 0 heterocycles. The molecule has 3 N–H and O–H groups in total. The van der Waals surface area contributed by atoms with E-state index in [0.29, 0.717) is 22.0 Å². The molecule has 3 nitrogen and oxygen atoms in total. The summed E-state index contributed by atoms with van der Waals surface area (Å²) in [7, 11) is 0. The average Bonchev–Trinajstić information content (AvgIpc) is 2.35. The molecule has 0 fully saturated rings. The van der Waals surface area contributed by atoms with Crippen LogP contribution in [-0.4, -0.2) is 5.91 Å². The molecule has 0 aliphatic carbocycles. The zero-order valence-electron chi connectivity index (χ0n) is 9.91. The van der Waals surface area contributed by atoms with E-state index in [1.54, 1.807) is 24.3 Å². The quantitative estimate of drug-likeness (QED) is 0.812. The fourth-order valence-electron chi connectivity index (χ4n) is 1.62. The Morgan fingerprint density at radius 2 is 1.89 bits per heavy atom. The predicted octanol–water partition coefficient (Wildman–Crippen LogP) is 3.48. The van der Waals surface area contributed by atoms with Gasteiger partial charge in [-0.25, -0.2) is 0 Å².